The number of likely N-dealkylation sites (tertiary alicyclic amines) is 1. The van der Waals surface area contributed by atoms with Gasteiger partial charge in [0.2, 0.25) is 18.2 Å². The number of hydrogen-bond donors (Lipinski definition) is 1. The number of allylic oxidation sites excluding steroid dienone is 1. The molecule has 0 spiro atoms. The number of methoxy groups -OCH3 is 1. The van der Waals surface area contributed by atoms with Crippen LogP contribution in [0.3, 0.4) is 0 Å². The zero-order valence-electron chi connectivity index (χ0n) is 18.7. The molecule has 0 radical (unpaired) electrons. The van der Waals surface area contributed by atoms with E-state index in [9.17, 15) is 9.59 Å². The Morgan fingerprint density at radius 1 is 1.52 bits per heavy atom. The number of piperidine rings is 1. The molecule has 9 nitrogen and oxygen atoms in total. The molecule has 9 heteroatoms. The highest BCUT2D eigenvalue weighted by Crippen LogP contribution is 2.19. The third-order valence-electron chi connectivity index (χ3n) is 5.07. The fraction of sp³-hybridized carbons (Fsp3) is 0.455. The number of rotatable bonds is 9. The van der Waals surface area contributed by atoms with E-state index in [1.54, 1.807) is 36.4 Å². The summed E-state index contributed by atoms with van der Waals surface area (Å²) in [5.74, 6) is 0.967. The first-order valence-electron chi connectivity index (χ1n) is 10.3. The van der Waals surface area contributed by atoms with Gasteiger partial charge in [-0.1, -0.05) is 19.6 Å². The molecule has 1 saturated heterocycles. The van der Waals surface area contributed by atoms with Crippen LogP contribution in [0.25, 0.3) is 5.70 Å². The van der Waals surface area contributed by atoms with Gasteiger partial charge in [0, 0.05) is 45.8 Å². The highest BCUT2D eigenvalue weighted by atomic mass is 16.5. The lowest BCUT2D eigenvalue weighted by Gasteiger charge is -2.36. The van der Waals surface area contributed by atoms with E-state index in [0.717, 1.165) is 25.7 Å². The van der Waals surface area contributed by atoms with Crippen molar-refractivity contribution in [3.63, 3.8) is 0 Å². The molecule has 2 rings (SSSR count). The van der Waals surface area contributed by atoms with Crippen molar-refractivity contribution in [3.8, 4) is 0 Å². The minimum Gasteiger partial charge on any atom is -0.480 e. The number of aliphatic imine (C=N–C) groups is 1. The Hall–Kier alpha value is -3.36. The second-order valence-electron chi connectivity index (χ2n) is 7.13. The Balaban J connectivity index is 2.41. The molecule has 1 aliphatic rings. The van der Waals surface area contributed by atoms with Crippen molar-refractivity contribution in [2.75, 3.05) is 27.2 Å². The minimum absolute atomic E-state index is 0.126. The van der Waals surface area contributed by atoms with E-state index in [4.69, 9.17) is 4.74 Å². The van der Waals surface area contributed by atoms with Crippen molar-refractivity contribution in [3.05, 3.63) is 48.8 Å². The fourth-order valence-corrected chi connectivity index (χ4v) is 3.53. The first-order chi connectivity index (χ1) is 15.0. The Bertz CT molecular complexity index is 870. The first kappa shape index (κ1) is 23.9. The van der Waals surface area contributed by atoms with Crippen molar-refractivity contribution in [2.24, 2.45) is 12.0 Å². The quantitative estimate of drug-likeness (QED) is 0.281. The van der Waals surface area contributed by atoms with Crippen LogP contribution in [-0.2, 0) is 21.4 Å². The van der Waals surface area contributed by atoms with Gasteiger partial charge in [-0.3, -0.25) is 14.6 Å². The Labute approximate surface area is 183 Å². The Morgan fingerprint density at radius 2 is 2.29 bits per heavy atom. The molecule has 0 bridgehead atoms. The van der Waals surface area contributed by atoms with Gasteiger partial charge < -0.3 is 24.4 Å². The van der Waals surface area contributed by atoms with E-state index in [0.29, 0.717) is 36.2 Å². The van der Waals surface area contributed by atoms with Crippen molar-refractivity contribution < 1.29 is 14.3 Å². The molecule has 31 heavy (non-hydrogen) atoms. The fourth-order valence-electron chi connectivity index (χ4n) is 3.53. The summed E-state index contributed by atoms with van der Waals surface area (Å²) >= 11 is 0. The lowest BCUT2D eigenvalue weighted by molar-refractivity contribution is -0.129. The highest BCUT2D eigenvalue weighted by molar-refractivity contribution is 5.94. The van der Waals surface area contributed by atoms with Gasteiger partial charge in [-0.2, -0.15) is 0 Å². The number of carbonyl (C=O) groups is 2. The van der Waals surface area contributed by atoms with Crippen LogP contribution in [0.1, 0.15) is 32.0 Å². The molecule has 1 N–H and O–H groups in total. The number of aromatic nitrogens is 2. The molecule has 2 heterocycles. The van der Waals surface area contributed by atoms with Gasteiger partial charge >= 0.3 is 0 Å². The van der Waals surface area contributed by atoms with Crippen LogP contribution in [0.5, 0.6) is 0 Å². The number of amides is 2. The Morgan fingerprint density at radius 3 is 2.84 bits per heavy atom. The second kappa shape index (κ2) is 11.7. The average Bonchev–Trinajstić information content (AvgIpc) is 3.22. The van der Waals surface area contributed by atoms with Crippen LogP contribution in [0, 0.1) is 0 Å². The molecule has 1 atom stereocenters. The number of ether oxygens (including phenoxy) is 1. The first-order valence-corrected chi connectivity index (χ1v) is 10.3. The Kier molecular flexibility index (Phi) is 9.05. The minimum atomic E-state index is -0.146. The summed E-state index contributed by atoms with van der Waals surface area (Å²) in [5, 5.41) is 3.34. The SMILES string of the molecule is C=CC(=O)N1CCCC(N(C=O)/C=C(/N/C(=C/CC)C(=NC)OC)c2nccn2C)C1. The molecule has 168 valence electrons. The van der Waals surface area contributed by atoms with Gasteiger partial charge in [-0.15, -0.1) is 0 Å². The van der Waals surface area contributed by atoms with Crippen molar-refractivity contribution in [2.45, 2.75) is 32.2 Å². The predicted octanol–water partition coefficient (Wildman–Crippen LogP) is 1.91. The zero-order valence-corrected chi connectivity index (χ0v) is 18.7. The molecular weight excluding hydrogens is 396 g/mol. The molecule has 1 aromatic heterocycles. The van der Waals surface area contributed by atoms with E-state index >= 15 is 0 Å². The third kappa shape index (κ3) is 6.07. The largest absolute Gasteiger partial charge is 0.480 e. The monoisotopic (exact) mass is 428 g/mol. The maximum absolute atomic E-state index is 12.1. The summed E-state index contributed by atoms with van der Waals surface area (Å²) < 4.78 is 7.25. The summed E-state index contributed by atoms with van der Waals surface area (Å²) in [6, 6.07) is -0.146. The van der Waals surface area contributed by atoms with Gasteiger partial charge in [0.05, 0.1) is 24.5 Å². The van der Waals surface area contributed by atoms with Crippen LogP contribution in [-0.4, -0.2) is 70.9 Å². The van der Waals surface area contributed by atoms with E-state index < -0.39 is 0 Å². The van der Waals surface area contributed by atoms with Gasteiger partial charge in [0.15, 0.2) is 5.82 Å². The zero-order chi connectivity index (χ0) is 22.8. The van der Waals surface area contributed by atoms with Gasteiger partial charge in [0.25, 0.3) is 0 Å². The third-order valence-corrected chi connectivity index (χ3v) is 5.07. The van der Waals surface area contributed by atoms with Crippen LogP contribution < -0.4 is 5.32 Å². The number of nitrogens with one attached hydrogen (secondary N) is 1. The number of hydrogen-bond acceptors (Lipinski definition) is 6. The number of nitrogens with zero attached hydrogens (tertiary/aromatic N) is 5. The molecule has 2 amide bonds. The molecular formula is C22H32N6O3. The number of imidazole rings is 1. The van der Waals surface area contributed by atoms with E-state index in [1.807, 2.05) is 30.8 Å². The number of aryl methyl sites for hydroxylation is 1. The molecule has 1 fully saturated rings. The molecule has 0 aliphatic carbocycles. The van der Waals surface area contributed by atoms with Crippen molar-refractivity contribution in [1.29, 1.82) is 0 Å². The topological polar surface area (TPSA) is 92.1 Å². The van der Waals surface area contributed by atoms with E-state index in [-0.39, 0.29) is 11.9 Å². The maximum atomic E-state index is 12.1. The van der Waals surface area contributed by atoms with Gasteiger partial charge in [-0.25, -0.2) is 4.98 Å². The van der Waals surface area contributed by atoms with Crippen molar-refractivity contribution in [1.82, 2.24) is 24.7 Å². The maximum Gasteiger partial charge on any atom is 0.246 e. The summed E-state index contributed by atoms with van der Waals surface area (Å²) in [6.45, 7) is 6.69. The molecule has 1 unspecified atom stereocenters. The summed E-state index contributed by atoms with van der Waals surface area (Å²) in [5.41, 5.74) is 1.30. The van der Waals surface area contributed by atoms with E-state index in [2.05, 4.69) is 21.9 Å². The molecule has 0 aromatic carbocycles. The van der Waals surface area contributed by atoms with Crippen LogP contribution >= 0.6 is 0 Å². The lowest BCUT2D eigenvalue weighted by atomic mass is 10.0. The lowest BCUT2D eigenvalue weighted by Crippen LogP contribution is -2.47. The number of carbonyl (C=O) groups excluding carboxylic acids is 2. The van der Waals surface area contributed by atoms with Gasteiger partial charge in [-0.05, 0) is 25.3 Å². The highest BCUT2D eigenvalue weighted by Gasteiger charge is 2.26. The van der Waals surface area contributed by atoms with Crippen LogP contribution in [0.2, 0.25) is 0 Å². The smallest absolute Gasteiger partial charge is 0.246 e. The summed E-state index contributed by atoms with van der Waals surface area (Å²) in [4.78, 5) is 36.0. The molecule has 1 aromatic rings. The standard InChI is InChI=1S/C22H32N6O3/c1-6-9-18(22(23-3)31-5)25-19(21-24-11-13-26(21)4)15-28(16-29)17-10-8-12-27(14-17)20(30)7-2/h7,9,11,13,15-17,25H,2,6,8,10,12,14H2,1,3-5H3/b18-9+,19-15+,23-22?. The van der Waals surface area contributed by atoms with Gasteiger partial charge in [0.1, 0.15) is 0 Å². The normalized spacial score (nSPS) is 17.9. The van der Waals surface area contributed by atoms with Crippen LogP contribution in [0.15, 0.2) is 48.0 Å². The summed E-state index contributed by atoms with van der Waals surface area (Å²) in [6.07, 6.45) is 11.7. The average molecular weight is 429 g/mol. The molecule has 0 saturated carbocycles. The summed E-state index contributed by atoms with van der Waals surface area (Å²) in [7, 11) is 5.09. The van der Waals surface area contributed by atoms with Crippen molar-refractivity contribution >= 4 is 23.9 Å². The van der Waals surface area contributed by atoms with E-state index in [1.165, 1.54) is 6.08 Å². The predicted molar refractivity (Wildman–Crippen MR) is 121 cm³/mol. The van der Waals surface area contributed by atoms with Crippen LogP contribution in [0.4, 0.5) is 0 Å². The second-order valence-corrected chi connectivity index (χ2v) is 7.13. The molecule has 1 aliphatic heterocycles.